The number of carbonyl (C=O) groups is 1. The predicted molar refractivity (Wildman–Crippen MR) is 89.2 cm³/mol. The monoisotopic (exact) mass is 331 g/mol. The summed E-state index contributed by atoms with van der Waals surface area (Å²) in [4.78, 5) is 13.6. The van der Waals surface area contributed by atoms with Gasteiger partial charge in [-0.3, -0.25) is 4.79 Å². The second-order valence-electron chi connectivity index (χ2n) is 6.60. The molecule has 4 nitrogen and oxygen atoms in total. The molecule has 1 N–H and O–H groups in total. The predicted octanol–water partition coefficient (Wildman–Crippen LogP) is 2.61. The summed E-state index contributed by atoms with van der Waals surface area (Å²) in [5.41, 5.74) is 0. The molecule has 0 aliphatic carbocycles. The Labute approximate surface area is 133 Å². The van der Waals surface area contributed by atoms with Crippen LogP contribution in [0.2, 0.25) is 25.7 Å². The topological polar surface area (TPSA) is 49.8 Å². The molecule has 21 heavy (non-hydrogen) atoms. The van der Waals surface area contributed by atoms with Crippen molar-refractivity contribution in [3.8, 4) is 0 Å². The van der Waals surface area contributed by atoms with Crippen LogP contribution in [0.5, 0.6) is 0 Å². The lowest BCUT2D eigenvalue weighted by Gasteiger charge is -2.47. The minimum atomic E-state index is -1.33. The van der Waals surface area contributed by atoms with E-state index in [1.54, 1.807) is 17.1 Å². The van der Waals surface area contributed by atoms with Gasteiger partial charge >= 0.3 is 0 Å². The fraction of sp³-hybridized carbons (Fsp3) is 0.667. The Balaban J connectivity index is 2.77. The molecule has 1 rings (SSSR count). The number of allylic oxidation sites excluding steroid dienone is 1. The van der Waals surface area contributed by atoms with Gasteiger partial charge < -0.3 is 14.7 Å². The number of aliphatic hydroxyl groups is 1. The fourth-order valence-electron chi connectivity index (χ4n) is 2.48. The molecule has 1 amide bonds. The number of β-lactam (4-membered cyclic amide) rings is 1. The number of hydrogen-bond donors (Lipinski definition) is 1. The van der Waals surface area contributed by atoms with Crippen LogP contribution in [-0.2, 0) is 9.53 Å². The van der Waals surface area contributed by atoms with Crippen molar-refractivity contribution < 1.29 is 14.6 Å². The highest BCUT2D eigenvalue weighted by atomic mass is 35.5. The summed E-state index contributed by atoms with van der Waals surface area (Å²) in [6.45, 7) is 10.9. The average Bonchev–Trinajstić information content (AvgIpc) is 2.33. The van der Waals surface area contributed by atoms with Gasteiger partial charge in [-0.2, -0.15) is 0 Å². The highest BCUT2D eigenvalue weighted by Gasteiger charge is 2.50. The minimum Gasteiger partial charge on any atom is -0.387 e. The van der Waals surface area contributed by atoms with Crippen molar-refractivity contribution in [2.75, 3.05) is 13.7 Å². The number of carbonyl (C=O) groups excluding carboxylic acids is 1. The standard InChI is InChI=1S/C15H26ClNO3Si/c1-6-7-8-17-13(14(20-2)15(17)19)12(18)9-11(16)10-21(3,4)5/h6,9,12-14,18H,1,7-8,10H2,2-5H3/b11-9-/t12-,13+,14-/m1/s1. The van der Waals surface area contributed by atoms with Gasteiger partial charge in [0.1, 0.15) is 0 Å². The number of halogens is 1. The molecule has 1 saturated heterocycles. The van der Waals surface area contributed by atoms with Crippen LogP contribution in [-0.4, -0.2) is 55.9 Å². The normalized spacial score (nSPS) is 24.8. The van der Waals surface area contributed by atoms with Crippen LogP contribution in [0.15, 0.2) is 23.8 Å². The van der Waals surface area contributed by atoms with Gasteiger partial charge in [-0.05, 0) is 18.5 Å². The van der Waals surface area contributed by atoms with E-state index in [9.17, 15) is 9.90 Å². The number of aliphatic hydroxyl groups excluding tert-OH is 1. The quantitative estimate of drug-likeness (QED) is 0.422. The molecule has 1 fully saturated rings. The smallest absolute Gasteiger partial charge is 0.254 e. The number of methoxy groups -OCH3 is 1. The third-order valence-corrected chi connectivity index (χ3v) is 5.35. The highest BCUT2D eigenvalue weighted by Crippen LogP contribution is 2.28. The first-order valence-corrected chi connectivity index (χ1v) is 11.3. The van der Waals surface area contributed by atoms with Crippen LogP contribution in [0.1, 0.15) is 6.42 Å². The van der Waals surface area contributed by atoms with E-state index in [2.05, 4.69) is 26.2 Å². The van der Waals surface area contributed by atoms with Gasteiger partial charge in [0.2, 0.25) is 0 Å². The molecule has 0 aromatic rings. The summed E-state index contributed by atoms with van der Waals surface area (Å²) in [6.07, 6.45) is 2.71. The lowest BCUT2D eigenvalue weighted by Crippen LogP contribution is -2.69. The molecule has 0 bridgehead atoms. The zero-order chi connectivity index (χ0) is 16.2. The Morgan fingerprint density at radius 1 is 1.57 bits per heavy atom. The summed E-state index contributed by atoms with van der Waals surface area (Å²) in [6, 6.07) is 0.453. The maximum absolute atomic E-state index is 11.9. The highest BCUT2D eigenvalue weighted by molar-refractivity contribution is 6.77. The number of rotatable bonds is 8. The molecule has 0 unspecified atom stereocenters. The summed E-state index contributed by atoms with van der Waals surface area (Å²) < 4.78 is 5.18. The fourth-order valence-corrected chi connectivity index (χ4v) is 4.94. The van der Waals surface area contributed by atoms with E-state index in [1.807, 2.05) is 0 Å². The summed E-state index contributed by atoms with van der Waals surface area (Å²) >= 11 is 6.24. The van der Waals surface area contributed by atoms with Crippen LogP contribution in [0.4, 0.5) is 0 Å². The molecule has 0 spiro atoms. The van der Waals surface area contributed by atoms with Crippen molar-refractivity contribution in [3.05, 3.63) is 23.8 Å². The maximum atomic E-state index is 11.9. The Kier molecular flexibility index (Phi) is 6.65. The molecule has 1 aliphatic heterocycles. The summed E-state index contributed by atoms with van der Waals surface area (Å²) in [7, 11) is 0.159. The third-order valence-electron chi connectivity index (χ3n) is 3.43. The molecule has 6 heteroatoms. The number of amides is 1. The largest absolute Gasteiger partial charge is 0.387 e. The Hall–Kier alpha value is -0.623. The first-order valence-electron chi connectivity index (χ1n) is 7.19. The second kappa shape index (κ2) is 7.58. The van der Waals surface area contributed by atoms with Crippen molar-refractivity contribution in [2.24, 2.45) is 0 Å². The molecule has 0 aromatic carbocycles. The summed E-state index contributed by atoms with van der Waals surface area (Å²) in [5.74, 6) is -0.0851. The van der Waals surface area contributed by atoms with Gasteiger partial charge in [-0.15, -0.1) is 6.58 Å². The maximum Gasteiger partial charge on any atom is 0.254 e. The van der Waals surface area contributed by atoms with Crippen LogP contribution in [0.3, 0.4) is 0 Å². The van der Waals surface area contributed by atoms with E-state index in [-0.39, 0.29) is 11.9 Å². The van der Waals surface area contributed by atoms with Crippen LogP contribution in [0, 0.1) is 0 Å². The van der Waals surface area contributed by atoms with E-state index in [1.165, 1.54) is 7.11 Å². The van der Waals surface area contributed by atoms with Gasteiger partial charge in [-0.1, -0.05) is 37.3 Å². The molecule has 0 aromatic heterocycles. The van der Waals surface area contributed by atoms with Gasteiger partial charge in [0.25, 0.3) is 5.91 Å². The second-order valence-corrected chi connectivity index (χ2v) is 12.6. The van der Waals surface area contributed by atoms with Crippen LogP contribution < -0.4 is 0 Å². The number of hydrogen-bond acceptors (Lipinski definition) is 3. The van der Waals surface area contributed by atoms with Crippen molar-refractivity contribution in [3.63, 3.8) is 0 Å². The van der Waals surface area contributed by atoms with Gasteiger partial charge in [0.05, 0.1) is 12.1 Å². The number of ether oxygens (including phenoxy) is 1. The molecule has 1 aliphatic rings. The zero-order valence-electron chi connectivity index (χ0n) is 13.3. The molecule has 120 valence electrons. The average molecular weight is 332 g/mol. The third kappa shape index (κ3) is 4.95. The van der Waals surface area contributed by atoms with E-state index in [4.69, 9.17) is 16.3 Å². The van der Waals surface area contributed by atoms with Crippen LogP contribution in [0.25, 0.3) is 0 Å². The van der Waals surface area contributed by atoms with Crippen molar-refractivity contribution in [2.45, 2.75) is 50.4 Å². The van der Waals surface area contributed by atoms with Gasteiger partial charge in [0.15, 0.2) is 6.10 Å². The molecular weight excluding hydrogens is 306 g/mol. The first kappa shape index (κ1) is 18.4. The molecule has 0 saturated carbocycles. The Bertz CT molecular complexity index is 420. The Morgan fingerprint density at radius 2 is 2.19 bits per heavy atom. The van der Waals surface area contributed by atoms with E-state index >= 15 is 0 Å². The van der Waals surface area contributed by atoms with Gasteiger partial charge in [0, 0.05) is 26.8 Å². The SMILES string of the molecule is C=CCCN1C(=O)[C@H](OC)[C@@H]1[C@H](O)/C=C(\Cl)C[Si](C)(C)C. The number of nitrogens with zero attached hydrogens (tertiary/aromatic N) is 1. The molecule has 1 heterocycles. The first-order chi connectivity index (χ1) is 9.71. The van der Waals surface area contributed by atoms with E-state index < -0.39 is 20.3 Å². The van der Waals surface area contributed by atoms with Gasteiger partial charge in [-0.25, -0.2) is 0 Å². The van der Waals surface area contributed by atoms with Crippen molar-refractivity contribution >= 4 is 25.6 Å². The lowest BCUT2D eigenvalue weighted by molar-refractivity contribution is -0.177. The lowest BCUT2D eigenvalue weighted by atomic mass is 9.92. The van der Waals surface area contributed by atoms with Crippen LogP contribution >= 0.6 is 11.6 Å². The van der Waals surface area contributed by atoms with E-state index in [0.717, 1.165) is 6.04 Å². The minimum absolute atomic E-state index is 0.0851. The Morgan fingerprint density at radius 3 is 2.67 bits per heavy atom. The molecular formula is C15H26ClNO3Si. The zero-order valence-corrected chi connectivity index (χ0v) is 15.1. The molecule has 0 radical (unpaired) electrons. The van der Waals surface area contributed by atoms with E-state index in [0.29, 0.717) is 18.0 Å². The van der Waals surface area contributed by atoms with Crippen molar-refractivity contribution in [1.29, 1.82) is 0 Å². The van der Waals surface area contributed by atoms with Crippen molar-refractivity contribution in [1.82, 2.24) is 4.90 Å². The molecule has 3 atom stereocenters. The number of likely N-dealkylation sites (tertiary alicyclic amines) is 1. The summed E-state index contributed by atoms with van der Waals surface area (Å²) in [5, 5.41) is 11.0.